The lowest BCUT2D eigenvalue weighted by Crippen LogP contribution is -2.24. The highest BCUT2D eigenvalue weighted by molar-refractivity contribution is 5.48. The van der Waals surface area contributed by atoms with Crippen LogP contribution in [-0.2, 0) is 0 Å². The first kappa shape index (κ1) is 13.8. The molecule has 3 aromatic rings. The molecule has 3 aromatic heterocycles. The molecule has 1 N–H and O–H groups in total. The first-order valence-electron chi connectivity index (χ1n) is 7.68. The van der Waals surface area contributed by atoms with Crippen LogP contribution >= 0.6 is 0 Å². The van der Waals surface area contributed by atoms with Crippen LogP contribution in [0.1, 0.15) is 30.3 Å². The molecule has 1 atom stereocenters. The summed E-state index contributed by atoms with van der Waals surface area (Å²) in [6.07, 6.45) is 10.8. The van der Waals surface area contributed by atoms with E-state index in [-0.39, 0.29) is 6.04 Å². The second kappa shape index (κ2) is 5.75. The van der Waals surface area contributed by atoms with Crippen molar-refractivity contribution in [3.05, 3.63) is 48.6 Å². The Balaban J connectivity index is 1.68. The number of hydrogen-bond acceptors (Lipinski definition) is 6. The van der Waals surface area contributed by atoms with E-state index in [4.69, 9.17) is 4.98 Å². The van der Waals surface area contributed by atoms with Crippen molar-refractivity contribution in [1.29, 1.82) is 0 Å². The fraction of sp³-hybridized carbons (Fsp3) is 0.312. The molecule has 1 aliphatic heterocycles. The summed E-state index contributed by atoms with van der Waals surface area (Å²) in [7, 11) is 0. The second-order valence-electron chi connectivity index (χ2n) is 5.64. The van der Waals surface area contributed by atoms with E-state index in [1.807, 2.05) is 19.2 Å². The van der Waals surface area contributed by atoms with Crippen molar-refractivity contribution in [1.82, 2.24) is 29.9 Å². The number of aromatic amines is 1. The van der Waals surface area contributed by atoms with E-state index in [1.165, 1.54) is 0 Å². The monoisotopic (exact) mass is 307 g/mol. The molecule has 116 valence electrons. The van der Waals surface area contributed by atoms with E-state index >= 15 is 0 Å². The highest BCUT2D eigenvalue weighted by atomic mass is 15.2. The third-order valence-electron chi connectivity index (χ3n) is 4.07. The van der Waals surface area contributed by atoms with Gasteiger partial charge in [-0.25, -0.2) is 19.9 Å². The van der Waals surface area contributed by atoms with Crippen LogP contribution in [0.15, 0.2) is 37.2 Å². The van der Waals surface area contributed by atoms with Gasteiger partial charge in [0.1, 0.15) is 17.8 Å². The van der Waals surface area contributed by atoms with Crippen molar-refractivity contribution < 1.29 is 0 Å². The molecule has 4 rings (SSSR count). The van der Waals surface area contributed by atoms with Gasteiger partial charge in [-0.1, -0.05) is 0 Å². The van der Waals surface area contributed by atoms with Crippen LogP contribution in [-0.4, -0.2) is 36.4 Å². The van der Waals surface area contributed by atoms with Gasteiger partial charge in [0.15, 0.2) is 5.82 Å². The van der Waals surface area contributed by atoms with Gasteiger partial charge in [0.2, 0.25) is 0 Å². The van der Waals surface area contributed by atoms with Crippen LogP contribution in [0, 0.1) is 6.92 Å². The van der Waals surface area contributed by atoms with E-state index in [0.29, 0.717) is 0 Å². The highest BCUT2D eigenvalue weighted by Crippen LogP contribution is 2.34. The van der Waals surface area contributed by atoms with Crippen molar-refractivity contribution in [2.75, 3.05) is 11.4 Å². The fourth-order valence-corrected chi connectivity index (χ4v) is 3.01. The predicted molar refractivity (Wildman–Crippen MR) is 85.7 cm³/mol. The predicted octanol–water partition coefficient (Wildman–Crippen LogP) is 2.31. The average Bonchev–Trinajstić information content (AvgIpc) is 3.27. The molecule has 0 bridgehead atoms. The summed E-state index contributed by atoms with van der Waals surface area (Å²) < 4.78 is 0. The topological polar surface area (TPSA) is 83.5 Å². The molecule has 1 saturated heterocycles. The first-order valence-corrected chi connectivity index (χ1v) is 7.68. The molecular weight excluding hydrogens is 290 g/mol. The maximum atomic E-state index is 4.75. The van der Waals surface area contributed by atoms with Gasteiger partial charge in [0, 0.05) is 30.7 Å². The number of H-pyrrole nitrogens is 1. The van der Waals surface area contributed by atoms with Crippen LogP contribution in [0.4, 0.5) is 5.82 Å². The van der Waals surface area contributed by atoms with Gasteiger partial charge in [0.05, 0.1) is 24.1 Å². The zero-order valence-corrected chi connectivity index (χ0v) is 12.8. The molecule has 0 saturated carbocycles. The molecular formula is C16H17N7. The Bertz CT molecular complexity index is 800. The molecule has 1 fully saturated rings. The smallest absolute Gasteiger partial charge is 0.157 e. The minimum atomic E-state index is 0.187. The SMILES string of the molecule is Cc1cc(N2CCC[C@@H]2c2cncc(-c3ncc[nH]3)n2)ncn1. The first-order chi connectivity index (χ1) is 11.3. The van der Waals surface area contributed by atoms with Gasteiger partial charge in [-0.2, -0.15) is 0 Å². The van der Waals surface area contributed by atoms with E-state index < -0.39 is 0 Å². The maximum absolute atomic E-state index is 4.75. The number of aromatic nitrogens is 6. The fourth-order valence-electron chi connectivity index (χ4n) is 3.01. The lowest BCUT2D eigenvalue weighted by Gasteiger charge is -2.25. The summed E-state index contributed by atoms with van der Waals surface area (Å²) in [4.78, 5) is 27.3. The maximum Gasteiger partial charge on any atom is 0.157 e. The summed E-state index contributed by atoms with van der Waals surface area (Å²) in [5.74, 6) is 1.69. The van der Waals surface area contributed by atoms with E-state index in [9.17, 15) is 0 Å². The van der Waals surface area contributed by atoms with Crippen molar-refractivity contribution in [2.24, 2.45) is 0 Å². The zero-order valence-electron chi connectivity index (χ0n) is 12.8. The molecule has 0 radical (unpaired) electrons. The van der Waals surface area contributed by atoms with Crippen molar-refractivity contribution in [3.63, 3.8) is 0 Å². The quantitative estimate of drug-likeness (QED) is 0.799. The summed E-state index contributed by atoms with van der Waals surface area (Å²) in [6, 6.07) is 2.20. The Kier molecular flexibility index (Phi) is 3.45. The summed E-state index contributed by atoms with van der Waals surface area (Å²) >= 11 is 0. The Hall–Kier alpha value is -2.83. The van der Waals surface area contributed by atoms with Crippen LogP contribution in [0.3, 0.4) is 0 Å². The highest BCUT2D eigenvalue weighted by Gasteiger charge is 2.29. The molecule has 0 spiro atoms. The number of nitrogens with zero attached hydrogens (tertiary/aromatic N) is 6. The zero-order chi connectivity index (χ0) is 15.6. The summed E-state index contributed by atoms with van der Waals surface area (Å²) in [5.41, 5.74) is 2.68. The summed E-state index contributed by atoms with van der Waals surface area (Å²) in [5, 5.41) is 0. The van der Waals surface area contributed by atoms with Gasteiger partial charge in [-0.05, 0) is 19.8 Å². The van der Waals surface area contributed by atoms with Crippen LogP contribution in [0.5, 0.6) is 0 Å². The number of aryl methyl sites for hydroxylation is 1. The lowest BCUT2D eigenvalue weighted by atomic mass is 10.1. The minimum Gasteiger partial charge on any atom is -0.348 e. The molecule has 0 unspecified atom stereocenters. The van der Waals surface area contributed by atoms with Crippen molar-refractivity contribution >= 4 is 5.82 Å². The molecule has 1 aliphatic rings. The van der Waals surface area contributed by atoms with Crippen LogP contribution < -0.4 is 4.90 Å². The van der Waals surface area contributed by atoms with Gasteiger partial charge in [-0.3, -0.25) is 4.98 Å². The van der Waals surface area contributed by atoms with Gasteiger partial charge >= 0.3 is 0 Å². The molecule has 0 amide bonds. The van der Waals surface area contributed by atoms with E-state index in [2.05, 4.69) is 29.8 Å². The largest absolute Gasteiger partial charge is 0.348 e. The molecule has 0 aromatic carbocycles. The number of anilines is 1. The van der Waals surface area contributed by atoms with Gasteiger partial charge in [0.25, 0.3) is 0 Å². The number of hydrogen-bond donors (Lipinski definition) is 1. The molecule has 7 heteroatoms. The number of rotatable bonds is 3. The minimum absolute atomic E-state index is 0.187. The average molecular weight is 307 g/mol. The van der Waals surface area contributed by atoms with E-state index in [0.717, 1.165) is 48.1 Å². The number of nitrogens with one attached hydrogen (secondary N) is 1. The standard InChI is InChI=1S/C16H17N7/c1-11-7-15(21-10-20-11)23-6-2-3-14(23)12-8-17-9-13(22-12)16-18-4-5-19-16/h4-5,7-10,14H,2-3,6H2,1H3,(H,18,19)/t14-/m1/s1. The molecule has 23 heavy (non-hydrogen) atoms. The Morgan fingerprint density at radius 3 is 3.00 bits per heavy atom. The third kappa shape index (κ3) is 2.65. The number of imidazole rings is 1. The van der Waals surface area contributed by atoms with Crippen molar-refractivity contribution in [3.8, 4) is 11.5 Å². The van der Waals surface area contributed by atoms with Crippen molar-refractivity contribution in [2.45, 2.75) is 25.8 Å². The van der Waals surface area contributed by atoms with Gasteiger partial charge in [-0.15, -0.1) is 0 Å². The third-order valence-corrected chi connectivity index (χ3v) is 4.07. The second-order valence-corrected chi connectivity index (χ2v) is 5.64. The normalized spacial score (nSPS) is 17.6. The molecule has 7 nitrogen and oxygen atoms in total. The molecule has 0 aliphatic carbocycles. The Morgan fingerprint density at radius 1 is 1.22 bits per heavy atom. The van der Waals surface area contributed by atoms with Crippen LogP contribution in [0.2, 0.25) is 0 Å². The Labute approximate surface area is 133 Å². The lowest BCUT2D eigenvalue weighted by molar-refractivity contribution is 0.682. The van der Waals surface area contributed by atoms with Crippen LogP contribution in [0.25, 0.3) is 11.5 Å². The molecule has 4 heterocycles. The Morgan fingerprint density at radius 2 is 2.17 bits per heavy atom. The van der Waals surface area contributed by atoms with E-state index in [1.54, 1.807) is 24.9 Å². The summed E-state index contributed by atoms with van der Waals surface area (Å²) in [6.45, 7) is 2.95. The van der Waals surface area contributed by atoms with Gasteiger partial charge < -0.3 is 9.88 Å².